The fraction of sp³-hybridized carbons (Fsp3) is 0.357. The van der Waals surface area contributed by atoms with Crippen molar-refractivity contribution < 1.29 is 0 Å². The predicted molar refractivity (Wildman–Crippen MR) is 67.0 cm³/mol. The Bertz CT molecular complexity index is 476. The van der Waals surface area contributed by atoms with E-state index in [2.05, 4.69) is 51.0 Å². The van der Waals surface area contributed by atoms with E-state index in [1.165, 1.54) is 11.1 Å². The molecule has 0 N–H and O–H groups in total. The molecule has 0 aliphatic rings. The van der Waals surface area contributed by atoms with E-state index in [-0.39, 0.29) is 5.41 Å². The van der Waals surface area contributed by atoms with Gasteiger partial charge in [-0.05, 0) is 41.7 Å². The average molecular weight is 214 g/mol. The molecule has 1 aromatic carbocycles. The number of benzene rings is 1. The van der Waals surface area contributed by atoms with Crippen molar-refractivity contribution in [3.05, 3.63) is 47.8 Å². The third-order valence-corrected chi connectivity index (χ3v) is 2.70. The summed E-state index contributed by atoms with van der Waals surface area (Å²) in [5.41, 5.74) is 3.93. The molecule has 0 amide bonds. The van der Waals surface area contributed by atoms with E-state index in [1.807, 2.05) is 16.9 Å². The molecule has 0 aliphatic carbocycles. The summed E-state index contributed by atoms with van der Waals surface area (Å²) >= 11 is 0. The minimum Gasteiger partial charge on any atom is -0.241 e. The molecule has 2 aromatic rings. The van der Waals surface area contributed by atoms with E-state index in [0.29, 0.717) is 0 Å². The number of rotatable bonds is 1. The van der Waals surface area contributed by atoms with Crippen molar-refractivity contribution in [2.75, 3.05) is 0 Å². The van der Waals surface area contributed by atoms with Gasteiger partial charge in [-0.2, -0.15) is 5.10 Å². The number of nitrogens with zero attached hydrogens (tertiary/aromatic N) is 2. The number of aromatic nitrogens is 2. The molecule has 1 aromatic heterocycles. The van der Waals surface area contributed by atoms with Crippen molar-refractivity contribution in [3.8, 4) is 5.69 Å². The van der Waals surface area contributed by atoms with E-state index in [9.17, 15) is 0 Å². The maximum absolute atomic E-state index is 4.27. The average Bonchev–Trinajstić information content (AvgIpc) is 2.68. The molecule has 0 saturated carbocycles. The van der Waals surface area contributed by atoms with Gasteiger partial charge in [0.2, 0.25) is 0 Å². The van der Waals surface area contributed by atoms with Gasteiger partial charge in [-0.25, -0.2) is 4.68 Å². The Hall–Kier alpha value is -1.57. The van der Waals surface area contributed by atoms with Crippen LogP contribution in [0.25, 0.3) is 5.69 Å². The zero-order valence-electron chi connectivity index (χ0n) is 10.4. The lowest BCUT2D eigenvalue weighted by molar-refractivity contribution is 0.589. The van der Waals surface area contributed by atoms with Crippen molar-refractivity contribution >= 4 is 0 Å². The molecule has 0 unspecified atom stereocenters. The zero-order chi connectivity index (χ0) is 11.8. The van der Waals surface area contributed by atoms with Crippen LogP contribution in [0.1, 0.15) is 31.9 Å². The third-order valence-electron chi connectivity index (χ3n) is 2.70. The Morgan fingerprint density at radius 2 is 1.88 bits per heavy atom. The Morgan fingerprint density at radius 3 is 2.44 bits per heavy atom. The van der Waals surface area contributed by atoms with Crippen molar-refractivity contribution in [1.82, 2.24) is 9.78 Å². The highest BCUT2D eigenvalue weighted by atomic mass is 15.3. The summed E-state index contributed by atoms with van der Waals surface area (Å²) < 4.78 is 1.90. The Labute approximate surface area is 96.9 Å². The van der Waals surface area contributed by atoms with Gasteiger partial charge in [0.15, 0.2) is 0 Å². The third kappa shape index (κ3) is 2.16. The predicted octanol–water partition coefficient (Wildman–Crippen LogP) is 3.48. The van der Waals surface area contributed by atoms with E-state index >= 15 is 0 Å². The van der Waals surface area contributed by atoms with Crippen LogP contribution in [-0.2, 0) is 5.41 Å². The van der Waals surface area contributed by atoms with Crippen LogP contribution < -0.4 is 0 Å². The monoisotopic (exact) mass is 214 g/mol. The molecular weight excluding hydrogens is 196 g/mol. The molecular formula is C14H18N2. The van der Waals surface area contributed by atoms with Crippen molar-refractivity contribution in [1.29, 1.82) is 0 Å². The molecule has 0 fully saturated rings. The summed E-state index contributed by atoms with van der Waals surface area (Å²) in [5.74, 6) is 0. The van der Waals surface area contributed by atoms with Crippen LogP contribution in [0.15, 0.2) is 36.7 Å². The van der Waals surface area contributed by atoms with Gasteiger partial charge < -0.3 is 0 Å². The highest BCUT2D eigenvalue weighted by molar-refractivity contribution is 5.41. The Kier molecular flexibility index (Phi) is 2.58. The smallest absolute Gasteiger partial charge is 0.0651 e. The molecule has 0 aliphatic heterocycles. The van der Waals surface area contributed by atoms with Crippen LogP contribution in [0.4, 0.5) is 0 Å². The van der Waals surface area contributed by atoms with Crippen LogP contribution in [0.3, 0.4) is 0 Å². The maximum Gasteiger partial charge on any atom is 0.0651 e. The summed E-state index contributed by atoms with van der Waals surface area (Å²) in [6, 6.07) is 8.55. The second-order valence-corrected chi connectivity index (χ2v) is 5.26. The molecule has 2 rings (SSSR count). The molecule has 16 heavy (non-hydrogen) atoms. The highest BCUT2D eigenvalue weighted by Crippen LogP contribution is 2.25. The fourth-order valence-corrected chi connectivity index (χ4v) is 1.75. The van der Waals surface area contributed by atoms with Gasteiger partial charge >= 0.3 is 0 Å². The van der Waals surface area contributed by atoms with Gasteiger partial charge in [-0.3, -0.25) is 0 Å². The minimum absolute atomic E-state index is 0.175. The summed E-state index contributed by atoms with van der Waals surface area (Å²) in [5, 5.41) is 4.27. The van der Waals surface area contributed by atoms with E-state index in [0.717, 1.165) is 5.69 Å². The van der Waals surface area contributed by atoms with Crippen molar-refractivity contribution in [2.24, 2.45) is 0 Å². The standard InChI is InChI=1S/C14H18N2/c1-11-8-12(14(2,3)4)10-13(9-11)16-7-5-6-15-16/h5-10H,1-4H3. The molecule has 0 saturated heterocycles. The molecule has 0 radical (unpaired) electrons. The first-order valence-electron chi connectivity index (χ1n) is 5.59. The Morgan fingerprint density at radius 1 is 1.12 bits per heavy atom. The van der Waals surface area contributed by atoms with Gasteiger partial charge in [0, 0.05) is 12.4 Å². The molecule has 0 bridgehead atoms. The van der Waals surface area contributed by atoms with Crippen LogP contribution >= 0.6 is 0 Å². The first-order valence-corrected chi connectivity index (χ1v) is 5.59. The van der Waals surface area contributed by atoms with E-state index in [4.69, 9.17) is 0 Å². The number of aryl methyl sites for hydroxylation is 1. The molecule has 0 atom stereocenters. The van der Waals surface area contributed by atoms with Crippen LogP contribution in [0.5, 0.6) is 0 Å². The fourth-order valence-electron chi connectivity index (χ4n) is 1.75. The molecule has 2 heteroatoms. The van der Waals surface area contributed by atoms with Gasteiger partial charge in [-0.1, -0.05) is 26.8 Å². The first kappa shape index (κ1) is 10.9. The maximum atomic E-state index is 4.27. The van der Waals surface area contributed by atoms with Gasteiger partial charge in [0.25, 0.3) is 0 Å². The highest BCUT2D eigenvalue weighted by Gasteiger charge is 2.15. The number of hydrogen-bond donors (Lipinski definition) is 0. The molecule has 1 heterocycles. The summed E-state index contributed by atoms with van der Waals surface area (Å²) in [6.45, 7) is 8.82. The zero-order valence-corrected chi connectivity index (χ0v) is 10.4. The van der Waals surface area contributed by atoms with Gasteiger partial charge in [0.1, 0.15) is 0 Å². The number of hydrogen-bond acceptors (Lipinski definition) is 1. The summed E-state index contributed by atoms with van der Waals surface area (Å²) in [7, 11) is 0. The lowest BCUT2D eigenvalue weighted by atomic mass is 9.86. The molecule has 84 valence electrons. The second kappa shape index (κ2) is 3.78. The van der Waals surface area contributed by atoms with E-state index in [1.54, 1.807) is 6.20 Å². The van der Waals surface area contributed by atoms with Crippen LogP contribution in [0, 0.1) is 6.92 Å². The van der Waals surface area contributed by atoms with Crippen LogP contribution in [0.2, 0.25) is 0 Å². The van der Waals surface area contributed by atoms with Gasteiger partial charge in [0.05, 0.1) is 5.69 Å². The van der Waals surface area contributed by atoms with E-state index < -0.39 is 0 Å². The largest absolute Gasteiger partial charge is 0.241 e. The Balaban J connectivity index is 2.53. The lowest BCUT2D eigenvalue weighted by Crippen LogP contribution is -2.12. The van der Waals surface area contributed by atoms with Crippen LogP contribution in [-0.4, -0.2) is 9.78 Å². The lowest BCUT2D eigenvalue weighted by Gasteiger charge is -2.20. The summed E-state index contributed by atoms with van der Waals surface area (Å²) in [4.78, 5) is 0. The van der Waals surface area contributed by atoms with Crippen molar-refractivity contribution in [3.63, 3.8) is 0 Å². The molecule has 0 spiro atoms. The molecule has 2 nitrogen and oxygen atoms in total. The quantitative estimate of drug-likeness (QED) is 0.710. The van der Waals surface area contributed by atoms with Gasteiger partial charge in [-0.15, -0.1) is 0 Å². The first-order chi connectivity index (χ1) is 7.47. The second-order valence-electron chi connectivity index (χ2n) is 5.26. The topological polar surface area (TPSA) is 17.8 Å². The normalized spacial score (nSPS) is 11.8. The van der Waals surface area contributed by atoms with Crippen molar-refractivity contribution in [2.45, 2.75) is 33.1 Å². The minimum atomic E-state index is 0.175. The SMILES string of the molecule is Cc1cc(-n2cccn2)cc(C(C)(C)C)c1. The summed E-state index contributed by atoms with van der Waals surface area (Å²) in [6.07, 6.45) is 3.78.